The second-order valence-corrected chi connectivity index (χ2v) is 1.54. The zero-order valence-corrected chi connectivity index (χ0v) is 5.56. The van der Waals surface area contributed by atoms with E-state index in [0.29, 0.717) is 0 Å². The Morgan fingerprint density at radius 2 is 1.14 bits per heavy atom. The van der Waals surface area contributed by atoms with Crippen LogP contribution in [-0.2, 0) is 4.57 Å². The first kappa shape index (κ1) is 16.6. The van der Waals surface area contributed by atoms with E-state index < -0.39 is 7.82 Å². The molecule has 0 atom stereocenters. The zero-order chi connectivity index (χ0) is 4.50. The smallest absolute Gasteiger partial charge is 0 e. The molecule has 0 fully saturated rings. The molecule has 7 heteroatoms. The summed E-state index contributed by atoms with van der Waals surface area (Å²) in [4.78, 5) is 21.6. The monoisotopic (exact) mass is 297 g/mol. The summed E-state index contributed by atoms with van der Waals surface area (Å²) in [5, 5.41) is 0. The Hall–Kier alpha value is 3.03. The SMILES string of the molecule is O=P(O)(O)O.[KH].[Tb]. The minimum absolute atomic E-state index is 0. The van der Waals surface area contributed by atoms with Crippen molar-refractivity contribution in [3.8, 4) is 0 Å². The summed E-state index contributed by atoms with van der Waals surface area (Å²) in [6.07, 6.45) is 0. The van der Waals surface area contributed by atoms with Gasteiger partial charge < -0.3 is 14.7 Å². The fourth-order valence-electron chi connectivity index (χ4n) is 0. The van der Waals surface area contributed by atoms with Crippen molar-refractivity contribution in [2.45, 2.75) is 0 Å². The molecular weight excluding hydrogens is 293 g/mol. The Kier molecular flexibility index (Phi) is 16.9. The third kappa shape index (κ3) is 48.6. The van der Waals surface area contributed by atoms with Crippen molar-refractivity contribution in [3.05, 3.63) is 0 Å². The van der Waals surface area contributed by atoms with Crippen molar-refractivity contribution in [3.63, 3.8) is 0 Å². The summed E-state index contributed by atoms with van der Waals surface area (Å²) < 4.78 is 8.88. The summed E-state index contributed by atoms with van der Waals surface area (Å²) in [5.74, 6) is 0. The van der Waals surface area contributed by atoms with Gasteiger partial charge in [0.05, 0.1) is 0 Å². The summed E-state index contributed by atoms with van der Waals surface area (Å²) >= 11 is 0. The zero-order valence-electron chi connectivity index (χ0n) is 2.53. The van der Waals surface area contributed by atoms with Crippen LogP contribution in [-0.4, -0.2) is 66.1 Å². The van der Waals surface area contributed by atoms with Crippen LogP contribution in [0.5, 0.6) is 0 Å². The van der Waals surface area contributed by atoms with Crippen molar-refractivity contribution >= 4 is 59.2 Å². The Morgan fingerprint density at radius 3 is 1.14 bits per heavy atom. The van der Waals surface area contributed by atoms with Gasteiger partial charge in [-0.15, -0.1) is 0 Å². The Labute approximate surface area is 114 Å². The molecule has 0 rings (SSSR count). The molecular formula is H4KO4PTb. The topological polar surface area (TPSA) is 77.8 Å². The van der Waals surface area contributed by atoms with Crippen LogP contribution in [0.15, 0.2) is 0 Å². The number of hydrogen-bond donors (Lipinski definition) is 3. The number of hydrogen-bond acceptors (Lipinski definition) is 1. The molecule has 0 amide bonds. The first-order valence-corrected chi connectivity index (χ1v) is 2.35. The average Bonchev–Trinajstić information content (AvgIpc) is 0.722. The Bertz CT molecular complexity index is 57.8. The first-order valence-electron chi connectivity index (χ1n) is 0.783. The normalized spacial score (nSPS) is 8.43. The molecule has 0 saturated heterocycles. The summed E-state index contributed by atoms with van der Waals surface area (Å²) in [7, 11) is -4.64. The standard InChI is InChI=1S/K.H3O4P.Tb.H/c;1-5(2,3)4;;/h;(H3,1,2,3,4);;. The van der Waals surface area contributed by atoms with E-state index in [9.17, 15) is 0 Å². The van der Waals surface area contributed by atoms with Crippen LogP contribution < -0.4 is 0 Å². The Morgan fingerprint density at radius 1 is 1.14 bits per heavy atom. The average molecular weight is 297 g/mol. The van der Waals surface area contributed by atoms with Gasteiger partial charge >= 0.3 is 59.2 Å². The molecule has 0 spiro atoms. The maximum atomic E-state index is 8.88. The molecule has 0 aliphatic rings. The fraction of sp³-hybridized carbons (Fsp3) is 0. The van der Waals surface area contributed by atoms with E-state index in [0.717, 1.165) is 0 Å². The molecule has 0 heterocycles. The molecule has 7 heavy (non-hydrogen) atoms. The molecule has 0 aromatic carbocycles. The van der Waals surface area contributed by atoms with Crippen LogP contribution in [0.3, 0.4) is 0 Å². The van der Waals surface area contributed by atoms with Crippen LogP contribution in [0.4, 0.5) is 0 Å². The van der Waals surface area contributed by atoms with Crippen molar-refractivity contribution in [1.82, 2.24) is 0 Å². The van der Waals surface area contributed by atoms with Gasteiger partial charge in [0.25, 0.3) is 0 Å². The van der Waals surface area contributed by atoms with Crippen molar-refractivity contribution in [1.29, 1.82) is 0 Å². The van der Waals surface area contributed by atoms with Gasteiger partial charge in [-0.05, 0) is 0 Å². The van der Waals surface area contributed by atoms with Gasteiger partial charge in [0.2, 0.25) is 0 Å². The fourth-order valence-corrected chi connectivity index (χ4v) is 0. The van der Waals surface area contributed by atoms with Crippen LogP contribution >= 0.6 is 7.82 Å². The van der Waals surface area contributed by atoms with Crippen LogP contribution in [0, 0.1) is 38.6 Å². The Balaban J connectivity index is -0.0000000800. The maximum Gasteiger partial charge on any atom is 0 e. The second kappa shape index (κ2) is 7.14. The van der Waals surface area contributed by atoms with Gasteiger partial charge in [-0.1, -0.05) is 0 Å². The van der Waals surface area contributed by atoms with E-state index in [1.807, 2.05) is 0 Å². The van der Waals surface area contributed by atoms with Crippen molar-refractivity contribution < 1.29 is 57.9 Å². The van der Waals surface area contributed by atoms with Gasteiger partial charge in [-0.25, -0.2) is 4.57 Å². The second-order valence-electron chi connectivity index (χ2n) is 0.513. The molecule has 43 valence electrons. The van der Waals surface area contributed by atoms with Crippen molar-refractivity contribution in [2.75, 3.05) is 0 Å². The van der Waals surface area contributed by atoms with Gasteiger partial charge in [0.15, 0.2) is 0 Å². The summed E-state index contributed by atoms with van der Waals surface area (Å²) in [6.45, 7) is 0. The molecule has 0 saturated carbocycles. The number of phosphoric acid groups is 1. The molecule has 3 N–H and O–H groups in total. The van der Waals surface area contributed by atoms with E-state index in [1.54, 1.807) is 0 Å². The maximum absolute atomic E-state index is 8.88. The quantitative estimate of drug-likeness (QED) is 0.373. The predicted octanol–water partition coefficient (Wildman–Crippen LogP) is -1.58. The molecule has 0 aliphatic heterocycles. The summed E-state index contributed by atoms with van der Waals surface area (Å²) in [5.41, 5.74) is 0. The van der Waals surface area contributed by atoms with Gasteiger partial charge in [-0.2, -0.15) is 0 Å². The molecule has 1 radical (unpaired) electrons. The molecule has 4 nitrogen and oxygen atoms in total. The minimum atomic E-state index is -4.64. The molecule has 0 aliphatic carbocycles. The van der Waals surface area contributed by atoms with Crippen LogP contribution in [0.25, 0.3) is 0 Å². The minimum Gasteiger partial charge on any atom is 0 e. The molecule has 0 aromatic heterocycles. The van der Waals surface area contributed by atoms with E-state index in [1.165, 1.54) is 0 Å². The van der Waals surface area contributed by atoms with Crippen LogP contribution in [0.2, 0.25) is 0 Å². The largest absolute Gasteiger partial charge is 0 e. The van der Waals surface area contributed by atoms with Gasteiger partial charge in [0.1, 0.15) is 0 Å². The van der Waals surface area contributed by atoms with Crippen molar-refractivity contribution in [2.24, 2.45) is 0 Å². The third-order valence-corrected chi connectivity index (χ3v) is 0. The van der Waals surface area contributed by atoms with Gasteiger partial charge in [-0.3, -0.25) is 0 Å². The third-order valence-electron chi connectivity index (χ3n) is 0. The first-order chi connectivity index (χ1) is 2.00. The van der Waals surface area contributed by atoms with E-state index in [4.69, 9.17) is 19.2 Å². The van der Waals surface area contributed by atoms with E-state index in [-0.39, 0.29) is 90.0 Å². The van der Waals surface area contributed by atoms with E-state index >= 15 is 0 Å². The van der Waals surface area contributed by atoms with Crippen LogP contribution in [0.1, 0.15) is 0 Å². The number of rotatable bonds is 0. The predicted molar refractivity (Wildman–Crippen MR) is 21.4 cm³/mol. The van der Waals surface area contributed by atoms with Gasteiger partial charge in [0, 0.05) is 38.6 Å². The molecule has 0 aromatic rings. The van der Waals surface area contributed by atoms with E-state index in [2.05, 4.69) is 0 Å². The molecule has 0 unspecified atom stereocenters. The molecule has 0 bridgehead atoms. The summed E-state index contributed by atoms with van der Waals surface area (Å²) in [6, 6.07) is 0.